The van der Waals surface area contributed by atoms with Gasteiger partial charge in [0.1, 0.15) is 0 Å². The van der Waals surface area contributed by atoms with E-state index in [4.69, 9.17) is 0 Å². The maximum absolute atomic E-state index is 3.56. The van der Waals surface area contributed by atoms with Gasteiger partial charge in [-0.1, -0.05) is 28.1 Å². The second kappa shape index (κ2) is 6.08. The Morgan fingerprint density at radius 1 is 1.50 bits per heavy atom. The lowest BCUT2D eigenvalue weighted by atomic mass is 10.1. The van der Waals surface area contributed by atoms with E-state index in [9.17, 15) is 0 Å². The summed E-state index contributed by atoms with van der Waals surface area (Å²) in [5.74, 6) is 3.58. The van der Waals surface area contributed by atoms with Crippen LogP contribution in [0.2, 0.25) is 0 Å². The lowest BCUT2D eigenvalue weighted by Gasteiger charge is -2.10. The molecule has 1 saturated heterocycles. The van der Waals surface area contributed by atoms with Crippen LogP contribution in [0.3, 0.4) is 0 Å². The Morgan fingerprint density at radius 3 is 3.06 bits per heavy atom. The van der Waals surface area contributed by atoms with Gasteiger partial charge in [-0.3, -0.25) is 0 Å². The molecule has 0 amide bonds. The van der Waals surface area contributed by atoms with Crippen molar-refractivity contribution in [3.05, 3.63) is 33.8 Å². The Balaban J connectivity index is 1.78. The van der Waals surface area contributed by atoms with Gasteiger partial charge >= 0.3 is 0 Å². The number of thioether (sulfide) groups is 1. The summed E-state index contributed by atoms with van der Waals surface area (Å²) in [7, 11) is 0. The van der Waals surface area contributed by atoms with E-state index in [1.54, 1.807) is 0 Å². The van der Waals surface area contributed by atoms with E-state index in [1.165, 1.54) is 40.1 Å². The van der Waals surface area contributed by atoms with Crippen LogP contribution in [0, 0.1) is 12.8 Å². The Kier molecular flexibility index (Phi) is 4.74. The van der Waals surface area contributed by atoms with Crippen LogP contribution < -0.4 is 5.32 Å². The van der Waals surface area contributed by atoms with E-state index in [0.717, 1.165) is 12.5 Å². The van der Waals surface area contributed by atoms with Crippen LogP contribution in [0.5, 0.6) is 0 Å². The number of benzene rings is 1. The Labute approximate surface area is 111 Å². The SMILES string of the molecule is Cc1cc(CNCC2CCSC2)ccc1Br. The van der Waals surface area contributed by atoms with Crippen molar-refractivity contribution < 1.29 is 0 Å². The molecule has 2 rings (SSSR count). The zero-order valence-corrected chi connectivity index (χ0v) is 12.0. The molecule has 1 heterocycles. The fourth-order valence-electron chi connectivity index (χ4n) is 1.98. The largest absolute Gasteiger partial charge is 0.312 e. The third-order valence-electron chi connectivity index (χ3n) is 3.01. The van der Waals surface area contributed by atoms with Gasteiger partial charge in [0.25, 0.3) is 0 Å². The normalized spacial score (nSPS) is 20.2. The van der Waals surface area contributed by atoms with Crippen molar-refractivity contribution in [3.63, 3.8) is 0 Å². The monoisotopic (exact) mass is 299 g/mol. The third-order valence-corrected chi connectivity index (χ3v) is 5.13. The molecular weight excluding hydrogens is 282 g/mol. The molecule has 1 atom stereocenters. The van der Waals surface area contributed by atoms with Gasteiger partial charge < -0.3 is 5.32 Å². The zero-order valence-electron chi connectivity index (χ0n) is 9.63. The van der Waals surface area contributed by atoms with Crippen LogP contribution in [-0.4, -0.2) is 18.1 Å². The van der Waals surface area contributed by atoms with Crippen molar-refractivity contribution >= 4 is 27.7 Å². The highest BCUT2D eigenvalue weighted by atomic mass is 79.9. The predicted molar refractivity (Wildman–Crippen MR) is 76.0 cm³/mol. The summed E-state index contributed by atoms with van der Waals surface area (Å²) >= 11 is 5.61. The van der Waals surface area contributed by atoms with Crippen molar-refractivity contribution in [2.75, 3.05) is 18.1 Å². The van der Waals surface area contributed by atoms with E-state index < -0.39 is 0 Å². The molecule has 1 aliphatic rings. The first-order valence-electron chi connectivity index (χ1n) is 5.79. The minimum atomic E-state index is 0.890. The average Bonchev–Trinajstić information content (AvgIpc) is 2.76. The van der Waals surface area contributed by atoms with Crippen LogP contribution in [-0.2, 0) is 6.54 Å². The highest BCUT2D eigenvalue weighted by Crippen LogP contribution is 2.22. The smallest absolute Gasteiger partial charge is 0.0205 e. The first-order valence-corrected chi connectivity index (χ1v) is 7.74. The second-order valence-electron chi connectivity index (χ2n) is 4.44. The van der Waals surface area contributed by atoms with Crippen LogP contribution in [0.15, 0.2) is 22.7 Å². The molecule has 1 aliphatic heterocycles. The molecule has 1 aromatic rings. The molecule has 0 spiro atoms. The molecule has 1 N–H and O–H groups in total. The number of aryl methyl sites for hydroxylation is 1. The second-order valence-corrected chi connectivity index (χ2v) is 6.45. The predicted octanol–water partition coefficient (Wildman–Crippen LogP) is 3.60. The molecule has 0 aliphatic carbocycles. The summed E-state index contributed by atoms with van der Waals surface area (Å²) in [6, 6.07) is 6.58. The molecule has 0 aromatic heterocycles. The number of halogens is 1. The van der Waals surface area contributed by atoms with Crippen molar-refractivity contribution in [1.82, 2.24) is 5.32 Å². The molecule has 0 radical (unpaired) electrons. The number of hydrogen-bond acceptors (Lipinski definition) is 2. The van der Waals surface area contributed by atoms with E-state index in [0.29, 0.717) is 0 Å². The van der Waals surface area contributed by atoms with Gasteiger partial charge in [0.05, 0.1) is 0 Å². The van der Waals surface area contributed by atoms with Crippen molar-refractivity contribution in [1.29, 1.82) is 0 Å². The Bertz CT molecular complexity index is 348. The van der Waals surface area contributed by atoms with Crippen molar-refractivity contribution in [2.24, 2.45) is 5.92 Å². The average molecular weight is 300 g/mol. The molecule has 1 unspecified atom stereocenters. The topological polar surface area (TPSA) is 12.0 Å². The van der Waals surface area contributed by atoms with Gasteiger partial charge in [-0.25, -0.2) is 0 Å². The van der Waals surface area contributed by atoms with E-state index >= 15 is 0 Å². The Hall–Kier alpha value is 0.01000. The maximum atomic E-state index is 3.56. The summed E-state index contributed by atoms with van der Waals surface area (Å²) < 4.78 is 1.20. The standard InChI is InChI=1S/C13H18BrNS/c1-10-6-11(2-3-13(10)14)7-15-8-12-4-5-16-9-12/h2-3,6,12,15H,4-5,7-9H2,1H3. The first-order chi connectivity index (χ1) is 7.75. The minimum Gasteiger partial charge on any atom is -0.312 e. The van der Waals surface area contributed by atoms with Crippen molar-refractivity contribution in [2.45, 2.75) is 19.9 Å². The van der Waals surface area contributed by atoms with Gasteiger partial charge in [0.2, 0.25) is 0 Å². The summed E-state index contributed by atoms with van der Waals surface area (Å²) in [6.07, 6.45) is 1.39. The molecule has 1 nitrogen and oxygen atoms in total. The lowest BCUT2D eigenvalue weighted by molar-refractivity contribution is 0.523. The van der Waals surface area contributed by atoms with Gasteiger partial charge in [0.15, 0.2) is 0 Å². The molecule has 0 bridgehead atoms. The first kappa shape index (κ1) is 12.5. The number of hydrogen-bond donors (Lipinski definition) is 1. The fourth-order valence-corrected chi connectivity index (χ4v) is 3.51. The van der Waals surface area contributed by atoms with Gasteiger partial charge in [-0.2, -0.15) is 11.8 Å². The molecule has 3 heteroatoms. The molecule has 16 heavy (non-hydrogen) atoms. The van der Waals surface area contributed by atoms with Crippen molar-refractivity contribution in [3.8, 4) is 0 Å². The maximum Gasteiger partial charge on any atom is 0.0205 e. The molecular formula is C13H18BrNS. The molecule has 88 valence electrons. The van der Waals surface area contributed by atoms with Crippen LogP contribution >= 0.6 is 27.7 Å². The van der Waals surface area contributed by atoms with Crippen LogP contribution in [0.25, 0.3) is 0 Å². The van der Waals surface area contributed by atoms with E-state index in [2.05, 4.69) is 58.1 Å². The minimum absolute atomic E-state index is 0.890. The van der Waals surface area contributed by atoms with E-state index in [-0.39, 0.29) is 0 Å². The number of nitrogens with one attached hydrogen (secondary N) is 1. The van der Waals surface area contributed by atoms with Gasteiger partial charge in [-0.15, -0.1) is 0 Å². The zero-order chi connectivity index (χ0) is 11.4. The summed E-state index contributed by atoms with van der Waals surface area (Å²) in [6.45, 7) is 4.30. The third kappa shape index (κ3) is 3.51. The highest BCUT2D eigenvalue weighted by Gasteiger charge is 2.14. The Morgan fingerprint density at radius 2 is 2.38 bits per heavy atom. The lowest BCUT2D eigenvalue weighted by Crippen LogP contribution is -2.22. The summed E-state index contributed by atoms with van der Waals surface area (Å²) in [5, 5.41) is 3.56. The fraction of sp³-hybridized carbons (Fsp3) is 0.538. The molecule has 1 fully saturated rings. The van der Waals surface area contributed by atoms with Crippen LogP contribution in [0.1, 0.15) is 17.5 Å². The molecule has 1 aromatic carbocycles. The summed E-state index contributed by atoms with van der Waals surface area (Å²) in [4.78, 5) is 0. The summed E-state index contributed by atoms with van der Waals surface area (Å²) in [5.41, 5.74) is 2.70. The molecule has 0 saturated carbocycles. The quantitative estimate of drug-likeness (QED) is 0.912. The number of rotatable bonds is 4. The highest BCUT2D eigenvalue weighted by molar-refractivity contribution is 9.10. The van der Waals surface area contributed by atoms with Gasteiger partial charge in [0, 0.05) is 11.0 Å². The van der Waals surface area contributed by atoms with Crippen LogP contribution in [0.4, 0.5) is 0 Å². The van der Waals surface area contributed by atoms with Gasteiger partial charge in [-0.05, 0) is 54.5 Å². The van der Waals surface area contributed by atoms with E-state index in [1.807, 2.05) is 0 Å².